The van der Waals surface area contributed by atoms with E-state index in [9.17, 15) is 10.2 Å². The van der Waals surface area contributed by atoms with Crippen LogP contribution in [0.15, 0.2) is 61.1 Å². The zero-order valence-electron chi connectivity index (χ0n) is 14.6. The van der Waals surface area contributed by atoms with Crippen molar-refractivity contribution in [2.75, 3.05) is 5.73 Å². The van der Waals surface area contributed by atoms with Crippen LogP contribution in [0.25, 0.3) is 21.8 Å². The van der Waals surface area contributed by atoms with Crippen LogP contribution in [0.2, 0.25) is 0 Å². The predicted octanol–water partition coefficient (Wildman–Crippen LogP) is 2.62. The molecule has 0 amide bonds. The van der Waals surface area contributed by atoms with Gasteiger partial charge in [-0.15, -0.1) is 0 Å². The molecule has 2 heterocycles. The molecule has 2 aromatic carbocycles. The summed E-state index contributed by atoms with van der Waals surface area (Å²) in [7, 11) is 0. The van der Waals surface area contributed by atoms with E-state index in [-0.39, 0.29) is 12.0 Å². The summed E-state index contributed by atoms with van der Waals surface area (Å²) in [4.78, 5) is 8.34. The number of benzene rings is 2. The summed E-state index contributed by atoms with van der Waals surface area (Å²) in [6.07, 6.45) is 2.18. The van der Waals surface area contributed by atoms with E-state index in [4.69, 9.17) is 5.73 Å². The molecule has 1 aliphatic carbocycles. The Labute approximate surface area is 155 Å². The first-order valence-electron chi connectivity index (χ1n) is 9.05. The Bertz CT molecular complexity index is 1140. The van der Waals surface area contributed by atoms with Crippen LogP contribution in [0.3, 0.4) is 0 Å². The molecule has 0 spiro atoms. The number of aliphatic hydroxyl groups excluding tert-OH is 2. The fraction of sp³-hybridized carbons (Fsp3) is 0.238. The highest BCUT2D eigenvalue weighted by Crippen LogP contribution is 2.43. The molecule has 4 N–H and O–H groups in total. The summed E-state index contributed by atoms with van der Waals surface area (Å²) in [6.45, 7) is 0. The maximum atomic E-state index is 10.8. The molecule has 0 radical (unpaired) electrons. The van der Waals surface area contributed by atoms with Crippen molar-refractivity contribution in [1.82, 2.24) is 14.5 Å². The van der Waals surface area contributed by atoms with Crippen molar-refractivity contribution in [1.29, 1.82) is 0 Å². The lowest BCUT2D eigenvalue weighted by molar-refractivity contribution is 0.0179. The fourth-order valence-corrected chi connectivity index (χ4v) is 4.31. The van der Waals surface area contributed by atoms with Crippen molar-refractivity contribution in [2.24, 2.45) is 0 Å². The third kappa shape index (κ3) is 2.49. The molecular weight excluding hydrogens is 340 g/mol. The second-order valence-electron chi connectivity index (χ2n) is 7.22. The number of fused-ring (bicyclic) bond motifs is 2. The Hall–Kier alpha value is -2.96. The van der Waals surface area contributed by atoms with Gasteiger partial charge in [-0.1, -0.05) is 42.5 Å². The third-order valence-electron chi connectivity index (χ3n) is 5.75. The number of rotatable bonds is 2. The summed E-state index contributed by atoms with van der Waals surface area (Å²) in [6, 6.07) is 15.9. The quantitative estimate of drug-likeness (QED) is 0.510. The van der Waals surface area contributed by atoms with Gasteiger partial charge in [0.05, 0.1) is 17.5 Å². The van der Waals surface area contributed by atoms with Crippen LogP contribution in [0.5, 0.6) is 0 Å². The maximum absolute atomic E-state index is 10.8. The number of hydrogen-bond acceptors (Lipinski definition) is 5. The molecule has 27 heavy (non-hydrogen) atoms. The zero-order valence-corrected chi connectivity index (χ0v) is 14.6. The first kappa shape index (κ1) is 16.2. The van der Waals surface area contributed by atoms with Gasteiger partial charge in [0.15, 0.2) is 0 Å². The first-order chi connectivity index (χ1) is 13.1. The van der Waals surface area contributed by atoms with Crippen molar-refractivity contribution in [3.05, 3.63) is 66.6 Å². The van der Waals surface area contributed by atoms with E-state index >= 15 is 0 Å². The molecule has 4 aromatic rings. The van der Waals surface area contributed by atoms with Gasteiger partial charge in [-0.25, -0.2) is 9.97 Å². The van der Waals surface area contributed by atoms with Crippen molar-refractivity contribution < 1.29 is 10.2 Å². The topological polar surface area (TPSA) is 97.2 Å². The van der Waals surface area contributed by atoms with E-state index in [2.05, 4.69) is 34.2 Å². The van der Waals surface area contributed by atoms with Crippen LogP contribution in [0.1, 0.15) is 23.9 Å². The van der Waals surface area contributed by atoms with Crippen LogP contribution in [-0.2, 0) is 0 Å². The van der Waals surface area contributed by atoms with Crippen molar-refractivity contribution >= 4 is 27.6 Å². The normalized spacial score (nSPS) is 25.4. The Morgan fingerprint density at radius 2 is 1.78 bits per heavy atom. The number of aromatic nitrogens is 3. The minimum absolute atomic E-state index is 0.147. The molecule has 1 fully saturated rings. The summed E-state index contributed by atoms with van der Waals surface area (Å²) >= 11 is 0. The summed E-state index contributed by atoms with van der Waals surface area (Å²) < 4.78 is 1.91. The van der Waals surface area contributed by atoms with Gasteiger partial charge in [-0.3, -0.25) is 0 Å². The van der Waals surface area contributed by atoms with E-state index < -0.39 is 12.2 Å². The molecule has 2 aromatic heterocycles. The summed E-state index contributed by atoms with van der Waals surface area (Å²) in [5.41, 5.74) is 7.64. The number of anilines is 1. The highest BCUT2D eigenvalue weighted by atomic mass is 16.3. The second kappa shape index (κ2) is 6.04. The van der Waals surface area contributed by atoms with Crippen LogP contribution >= 0.6 is 0 Å². The molecule has 0 bridgehead atoms. The highest BCUT2D eigenvalue weighted by molar-refractivity contribution is 5.86. The SMILES string of the molecule is Nc1ncnc2c1ccn2[C@@H]1C[C@H](c2ccc3ccccc3c2)[C@@H](O)[C@H]1O. The minimum atomic E-state index is -0.881. The number of nitrogens with zero attached hydrogens (tertiary/aromatic N) is 3. The Morgan fingerprint density at radius 1 is 0.963 bits per heavy atom. The molecule has 6 heteroatoms. The van der Waals surface area contributed by atoms with Crippen LogP contribution in [-0.4, -0.2) is 37.0 Å². The average molecular weight is 360 g/mol. The van der Waals surface area contributed by atoms with E-state index in [1.54, 1.807) is 0 Å². The van der Waals surface area contributed by atoms with Crippen molar-refractivity contribution in [2.45, 2.75) is 30.6 Å². The van der Waals surface area contributed by atoms with Gasteiger partial charge in [0, 0.05) is 12.1 Å². The lowest BCUT2D eigenvalue weighted by Gasteiger charge is -2.19. The van der Waals surface area contributed by atoms with Crippen LogP contribution in [0, 0.1) is 0 Å². The largest absolute Gasteiger partial charge is 0.390 e. The zero-order chi connectivity index (χ0) is 18.5. The van der Waals surface area contributed by atoms with Crippen molar-refractivity contribution in [3.63, 3.8) is 0 Å². The van der Waals surface area contributed by atoms with Crippen molar-refractivity contribution in [3.8, 4) is 0 Å². The fourth-order valence-electron chi connectivity index (χ4n) is 4.31. The van der Waals surface area contributed by atoms with Gasteiger partial charge in [-0.2, -0.15) is 0 Å². The number of hydrogen-bond donors (Lipinski definition) is 3. The molecule has 4 atom stereocenters. The molecule has 6 nitrogen and oxygen atoms in total. The van der Waals surface area contributed by atoms with Gasteiger partial charge < -0.3 is 20.5 Å². The molecule has 1 aliphatic rings. The lowest BCUT2D eigenvalue weighted by Crippen LogP contribution is -2.28. The first-order valence-corrected chi connectivity index (χ1v) is 9.05. The van der Waals surface area contributed by atoms with Gasteiger partial charge in [0.25, 0.3) is 0 Å². The van der Waals surface area contributed by atoms with Gasteiger partial charge >= 0.3 is 0 Å². The average Bonchev–Trinajstić information content (AvgIpc) is 3.24. The lowest BCUT2D eigenvalue weighted by atomic mass is 9.93. The van der Waals surface area contributed by atoms with E-state index in [0.717, 1.165) is 21.7 Å². The second-order valence-corrected chi connectivity index (χ2v) is 7.22. The predicted molar refractivity (Wildman–Crippen MR) is 104 cm³/mol. The number of nitrogens with two attached hydrogens (primary N) is 1. The van der Waals surface area contributed by atoms with Crippen LogP contribution in [0.4, 0.5) is 5.82 Å². The Kier molecular flexibility index (Phi) is 3.63. The maximum Gasteiger partial charge on any atom is 0.145 e. The highest BCUT2D eigenvalue weighted by Gasteiger charge is 2.43. The van der Waals surface area contributed by atoms with E-state index in [1.165, 1.54) is 6.33 Å². The van der Waals surface area contributed by atoms with Crippen LogP contribution < -0.4 is 5.73 Å². The summed E-state index contributed by atoms with van der Waals surface area (Å²) in [5, 5.41) is 24.6. The Balaban J connectivity index is 1.53. The number of aliphatic hydroxyl groups is 2. The monoisotopic (exact) mass is 360 g/mol. The molecule has 0 unspecified atom stereocenters. The van der Waals surface area contributed by atoms with Gasteiger partial charge in [-0.05, 0) is 28.8 Å². The molecule has 136 valence electrons. The molecular formula is C21H20N4O2. The van der Waals surface area contributed by atoms with E-state index in [0.29, 0.717) is 17.9 Å². The standard InChI is InChI=1S/C21H20N4O2/c22-20-15-7-8-25(21(15)24-11-23-20)17-10-16(18(26)19(17)27)14-6-5-12-3-1-2-4-13(12)9-14/h1-9,11,16-19,26-27H,10H2,(H2,22,23,24)/t16-,17-,18-,19+/m1/s1. The minimum Gasteiger partial charge on any atom is -0.390 e. The summed E-state index contributed by atoms with van der Waals surface area (Å²) in [5.74, 6) is 0.268. The van der Waals surface area contributed by atoms with Gasteiger partial charge in [0.1, 0.15) is 23.9 Å². The van der Waals surface area contributed by atoms with E-state index in [1.807, 2.05) is 35.0 Å². The smallest absolute Gasteiger partial charge is 0.145 e. The molecule has 0 saturated heterocycles. The molecule has 1 saturated carbocycles. The molecule has 5 rings (SSSR count). The molecule has 0 aliphatic heterocycles. The van der Waals surface area contributed by atoms with Gasteiger partial charge in [0.2, 0.25) is 0 Å². The number of nitrogen functional groups attached to an aromatic ring is 1. The third-order valence-corrected chi connectivity index (χ3v) is 5.75. The Morgan fingerprint density at radius 3 is 2.63 bits per heavy atom.